The first kappa shape index (κ1) is 32.3. The number of anilines is 3. The van der Waals surface area contributed by atoms with Crippen LogP contribution in [0.15, 0.2) is 24.4 Å². The molecule has 4 aromatic rings. The van der Waals surface area contributed by atoms with Gasteiger partial charge in [0.2, 0.25) is 0 Å². The number of nitrogens with two attached hydrogens (primary N) is 2. The number of hydrogen-bond donors (Lipinski definition) is 2. The lowest BCUT2D eigenvalue weighted by Crippen LogP contribution is -2.56. The summed E-state index contributed by atoms with van der Waals surface area (Å²) in [5.41, 5.74) is 9.21. The van der Waals surface area contributed by atoms with Gasteiger partial charge in [-0.3, -0.25) is 4.90 Å². The van der Waals surface area contributed by atoms with E-state index in [1.807, 2.05) is 17.9 Å². The van der Waals surface area contributed by atoms with E-state index in [1.165, 1.54) is 6.92 Å². The lowest BCUT2D eigenvalue weighted by atomic mass is 9.97. The van der Waals surface area contributed by atoms with E-state index in [4.69, 9.17) is 42.3 Å². The number of nitrogen functional groups attached to an aromatic ring is 2. The summed E-state index contributed by atoms with van der Waals surface area (Å²) in [6, 6.07) is 4.01. The highest BCUT2D eigenvalue weighted by atomic mass is 35.5. The van der Waals surface area contributed by atoms with Crippen molar-refractivity contribution < 1.29 is 31.8 Å². The Morgan fingerprint density at radius 1 is 1.15 bits per heavy atom. The Morgan fingerprint density at radius 3 is 2.73 bits per heavy atom. The molecule has 0 unspecified atom stereocenters. The van der Waals surface area contributed by atoms with Crippen molar-refractivity contribution in [1.29, 1.82) is 0 Å². The fourth-order valence-corrected chi connectivity index (χ4v) is 7.44. The maximum Gasteiger partial charge on any atom is 0.418 e. The zero-order valence-electron chi connectivity index (χ0n) is 26.2. The molecule has 3 aliphatic heterocycles. The molecule has 0 saturated carbocycles. The van der Waals surface area contributed by atoms with Gasteiger partial charge in [-0.1, -0.05) is 17.7 Å². The van der Waals surface area contributed by atoms with E-state index in [2.05, 4.69) is 19.9 Å². The average molecular weight is 689 g/mol. The summed E-state index contributed by atoms with van der Waals surface area (Å²) in [4.78, 5) is 21.5. The normalized spacial score (nSPS) is 20.4. The summed E-state index contributed by atoms with van der Waals surface area (Å²) in [5, 5.41) is -0.354. The fourth-order valence-electron chi connectivity index (χ4n) is 7.12. The highest BCUT2D eigenvalue weighted by Gasteiger charge is 2.45. The SMILES string of the molecule is Cc1cc(N)nc(-c2c(Cl)c3c4c(nc(OC[C@@]56CCCN5CCOC6)nc4c2F)N([C@H](C)c2cccnc2N)CCO3)c1C(F)(F)F. The third kappa shape index (κ3) is 5.37. The molecule has 11 nitrogen and oxygen atoms in total. The first-order chi connectivity index (χ1) is 22.9. The van der Waals surface area contributed by atoms with Crippen LogP contribution in [-0.4, -0.2) is 76.4 Å². The van der Waals surface area contributed by atoms with Gasteiger partial charge in [-0.05, 0) is 50.9 Å². The minimum absolute atomic E-state index is 0.0157. The predicted molar refractivity (Wildman–Crippen MR) is 172 cm³/mol. The smallest absolute Gasteiger partial charge is 0.418 e. The lowest BCUT2D eigenvalue weighted by molar-refractivity contribution is -0.137. The molecule has 7 rings (SSSR count). The van der Waals surface area contributed by atoms with Crippen LogP contribution in [0.5, 0.6) is 11.8 Å². The molecule has 0 amide bonds. The van der Waals surface area contributed by atoms with Gasteiger partial charge in [0.1, 0.15) is 36.2 Å². The van der Waals surface area contributed by atoms with Crippen LogP contribution >= 0.6 is 11.6 Å². The van der Waals surface area contributed by atoms with Crippen molar-refractivity contribution in [3.63, 3.8) is 0 Å². The minimum atomic E-state index is -4.91. The van der Waals surface area contributed by atoms with Crippen molar-refractivity contribution in [2.45, 2.75) is 44.4 Å². The Kier molecular flexibility index (Phi) is 8.11. The number of fused-ring (bicyclic) bond motifs is 1. The number of ether oxygens (including phenoxy) is 3. The Labute approximate surface area is 278 Å². The standard InChI is InChI=1S/C32H33ClF4N8O3/c1-16-13-19(38)41-25(22(16)32(35,36)37)20-23(33)27-21-26(24(20)34)42-30(48-15-31-6-4-8-44(31)9-11-46-14-31)43-29(21)45(10-12-47-27)17(2)18-5-3-7-40-28(18)39/h3,5,7,13,17H,4,6,8-12,14-15H2,1-2H3,(H2,38,41)(H2,39,40)/t17-,31+/m1/s1. The van der Waals surface area contributed by atoms with Crippen molar-refractivity contribution in [2.75, 3.05) is 62.4 Å². The summed E-state index contributed by atoms with van der Waals surface area (Å²) in [6.45, 7) is 6.18. The molecule has 254 valence electrons. The Bertz CT molecular complexity index is 1910. The molecule has 0 spiro atoms. The van der Waals surface area contributed by atoms with Crippen molar-refractivity contribution >= 4 is 40.0 Å². The highest BCUT2D eigenvalue weighted by molar-refractivity contribution is 6.36. The summed E-state index contributed by atoms with van der Waals surface area (Å²) < 4.78 is 78.5. The fraction of sp³-hybridized carbons (Fsp3) is 0.438. The summed E-state index contributed by atoms with van der Waals surface area (Å²) in [5.74, 6) is -0.990. The average Bonchev–Trinajstić information content (AvgIpc) is 3.37. The third-order valence-electron chi connectivity index (χ3n) is 9.43. The monoisotopic (exact) mass is 688 g/mol. The maximum absolute atomic E-state index is 17.0. The van der Waals surface area contributed by atoms with Crippen LogP contribution in [0.25, 0.3) is 22.2 Å². The van der Waals surface area contributed by atoms with Crippen LogP contribution in [0.3, 0.4) is 0 Å². The molecule has 0 radical (unpaired) electrons. The maximum atomic E-state index is 17.0. The first-order valence-electron chi connectivity index (χ1n) is 15.5. The highest BCUT2D eigenvalue weighted by Crippen LogP contribution is 2.51. The second kappa shape index (κ2) is 12.0. The number of morpholine rings is 1. The molecule has 0 aliphatic carbocycles. The number of hydrogen-bond acceptors (Lipinski definition) is 11. The van der Waals surface area contributed by atoms with E-state index in [-0.39, 0.29) is 65.4 Å². The van der Waals surface area contributed by atoms with Crippen molar-refractivity contribution in [3.05, 3.63) is 51.9 Å². The first-order valence-corrected chi connectivity index (χ1v) is 15.9. The Balaban J connectivity index is 1.46. The lowest BCUT2D eigenvalue weighted by Gasteiger charge is -2.41. The molecule has 0 bridgehead atoms. The molecule has 4 N–H and O–H groups in total. The largest absolute Gasteiger partial charge is 0.489 e. The molecule has 6 heterocycles. The number of benzene rings is 1. The zero-order valence-corrected chi connectivity index (χ0v) is 27.0. The van der Waals surface area contributed by atoms with Gasteiger partial charge in [0.05, 0.1) is 58.6 Å². The number of aromatic nitrogens is 4. The van der Waals surface area contributed by atoms with Gasteiger partial charge >= 0.3 is 12.2 Å². The van der Waals surface area contributed by atoms with Gasteiger partial charge < -0.3 is 30.6 Å². The quantitative estimate of drug-likeness (QED) is 0.246. The van der Waals surface area contributed by atoms with Crippen LogP contribution in [-0.2, 0) is 10.9 Å². The predicted octanol–water partition coefficient (Wildman–Crippen LogP) is 5.57. The van der Waals surface area contributed by atoms with E-state index in [9.17, 15) is 13.2 Å². The molecule has 1 aromatic carbocycles. The number of pyridine rings is 2. The van der Waals surface area contributed by atoms with Gasteiger partial charge in [0.15, 0.2) is 11.6 Å². The van der Waals surface area contributed by atoms with Crippen molar-refractivity contribution in [3.8, 4) is 23.0 Å². The van der Waals surface area contributed by atoms with E-state index in [0.717, 1.165) is 32.0 Å². The second-order valence-corrected chi connectivity index (χ2v) is 12.7. The molecule has 48 heavy (non-hydrogen) atoms. The van der Waals surface area contributed by atoms with E-state index in [0.29, 0.717) is 18.8 Å². The third-order valence-corrected chi connectivity index (χ3v) is 9.79. The van der Waals surface area contributed by atoms with Gasteiger partial charge in [-0.25, -0.2) is 14.4 Å². The van der Waals surface area contributed by atoms with E-state index >= 15 is 4.39 Å². The minimum Gasteiger partial charge on any atom is -0.489 e. The summed E-state index contributed by atoms with van der Waals surface area (Å²) in [6.07, 6.45) is -1.56. The summed E-state index contributed by atoms with van der Waals surface area (Å²) in [7, 11) is 0. The second-order valence-electron chi connectivity index (χ2n) is 12.3. The van der Waals surface area contributed by atoms with Crippen LogP contribution in [0.4, 0.5) is 35.0 Å². The number of nitrogens with zero attached hydrogens (tertiary/aromatic N) is 6. The van der Waals surface area contributed by atoms with Crippen LogP contribution < -0.4 is 25.8 Å². The molecule has 3 aliphatic rings. The summed E-state index contributed by atoms with van der Waals surface area (Å²) >= 11 is 6.80. The van der Waals surface area contributed by atoms with Gasteiger partial charge in [0, 0.05) is 18.3 Å². The number of halogens is 5. The van der Waals surface area contributed by atoms with Crippen LogP contribution in [0.1, 0.15) is 42.5 Å². The topological polar surface area (TPSA) is 138 Å². The number of alkyl halides is 3. The molecule has 16 heteroatoms. The van der Waals surface area contributed by atoms with Gasteiger partial charge in [0.25, 0.3) is 0 Å². The van der Waals surface area contributed by atoms with Crippen molar-refractivity contribution in [2.24, 2.45) is 0 Å². The number of rotatable bonds is 6. The molecular weight excluding hydrogens is 656 g/mol. The number of aryl methyl sites for hydroxylation is 1. The molecule has 2 atom stereocenters. The van der Waals surface area contributed by atoms with Gasteiger partial charge in [-0.15, -0.1) is 0 Å². The van der Waals surface area contributed by atoms with E-state index < -0.39 is 45.4 Å². The molecule has 2 fully saturated rings. The molecule has 2 saturated heterocycles. The zero-order chi connectivity index (χ0) is 34.0. The van der Waals surface area contributed by atoms with Crippen molar-refractivity contribution in [1.82, 2.24) is 24.8 Å². The van der Waals surface area contributed by atoms with E-state index in [1.54, 1.807) is 12.3 Å². The molecule has 3 aromatic heterocycles. The van der Waals surface area contributed by atoms with Crippen LogP contribution in [0, 0.1) is 12.7 Å². The van der Waals surface area contributed by atoms with Crippen LogP contribution in [0.2, 0.25) is 5.02 Å². The Hall–Kier alpha value is -4.21. The van der Waals surface area contributed by atoms with Gasteiger partial charge in [-0.2, -0.15) is 23.1 Å². The molecular formula is C32H33ClF4N8O3. The Morgan fingerprint density at radius 2 is 1.96 bits per heavy atom.